The maximum atomic E-state index is 11.5. The molecule has 15 heavy (non-hydrogen) atoms. The Bertz CT molecular complexity index is 301. The highest BCUT2D eigenvalue weighted by Crippen LogP contribution is 2.20. The zero-order chi connectivity index (χ0) is 11.5. The van der Waals surface area contributed by atoms with Gasteiger partial charge in [-0.05, 0) is 25.8 Å². The fourth-order valence-electron chi connectivity index (χ4n) is 1.67. The third-order valence-corrected chi connectivity index (χ3v) is 2.55. The smallest absolute Gasteiger partial charge is 0.251 e. The Labute approximate surface area is 88.5 Å². The number of hydrogen-bond acceptors (Lipinski definition) is 3. The average Bonchev–Trinajstić information content (AvgIpc) is 2.18. The van der Waals surface area contributed by atoms with Crippen LogP contribution in [0.3, 0.4) is 0 Å². The summed E-state index contributed by atoms with van der Waals surface area (Å²) in [4.78, 5) is 23.9. The van der Waals surface area contributed by atoms with Crippen molar-refractivity contribution in [1.82, 2.24) is 4.90 Å². The summed E-state index contributed by atoms with van der Waals surface area (Å²) in [6, 6.07) is 0. The van der Waals surface area contributed by atoms with Crippen LogP contribution in [0, 0.1) is 0 Å². The fraction of sp³-hybridized carbons (Fsp3) is 0.600. The molecular formula is C10H16N2O3. The highest BCUT2D eigenvalue weighted by atomic mass is 16.3. The monoisotopic (exact) mass is 212 g/mol. The van der Waals surface area contributed by atoms with Crippen molar-refractivity contribution in [1.29, 1.82) is 0 Å². The van der Waals surface area contributed by atoms with E-state index in [1.165, 1.54) is 11.0 Å². The van der Waals surface area contributed by atoms with Crippen LogP contribution in [0.4, 0.5) is 0 Å². The van der Waals surface area contributed by atoms with Crippen molar-refractivity contribution < 1.29 is 14.7 Å². The largest absolute Gasteiger partial charge is 0.378 e. The first-order chi connectivity index (χ1) is 6.99. The Morgan fingerprint density at radius 1 is 1.53 bits per heavy atom. The lowest BCUT2D eigenvalue weighted by molar-refractivity contribution is -0.146. The quantitative estimate of drug-likeness (QED) is 0.599. The molecular weight excluding hydrogens is 196 g/mol. The first-order valence-electron chi connectivity index (χ1n) is 4.93. The van der Waals surface area contributed by atoms with Crippen LogP contribution >= 0.6 is 0 Å². The van der Waals surface area contributed by atoms with Gasteiger partial charge in [0.25, 0.3) is 5.91 Å². The second-order valence-electron chi connectivity index (χ2n) is 3.76. The molecule has 2 amide bonds. The van der Waals surface area contributed by atoms with E-state index in [1.54, 1.807) is 13.0 Å². The number of amides is 2. The topological polar surface area (TPSA) is 83.6 Å². The van der Waals surface area contributed by atoms with Gasteiger partial charge in [-0.1, -0.05) is 6.08 Å². The van der Waals surface area contributed by atoms with Crippen molar-refractivity contribution >= 4 is 11.8 Å². The van der Waals surface area contributed by atoms with Crippen LogP contribution in [-0.2, 0) is 9.59 Å². The molecule has 1 unspecified atom stereocenters. The Morgan fingerprint density at radius 3 is 2.73 bits per heavy atom. The van der Waals surface area contributed by atoms with Gasteiger partial charge >= 0.3 is 0 Å². The van der Waals surface area contributed by atoms with E-state index in [1.807, 2.05) is 0 Å². The molecule has 5 heteroatoms. The summed E-state index contributed by atoms with van der Waals surface area (Å²) in [6.07, 6.45) is 3.94. The molecule has 1 heterocycles. The van der Waals surface area contributed by atoms with E-state index in [-0.39, 0.29) is 12.5 Å². The molecule has 0 radical (unpaired) electrons. The molecule has 84 valence electrons. The minimum atomic E-state index is -1.56. The van der Waals surface area contributed by atoms with E-state index in [9.17, 15) is 14.7 Å². The second kappa shape index (κ2) is 4.44. The number of carbonyl (C=O) groups excluding carboxylic acids is 2. The van der Waals surface area contributed by atoms with Crippen LogP contribution in [0.25, 0.3) is 0 Å². The molecule has 1 rings (SSSR count). The number of likely N-dealkylation sites (tertiary alicyclic amines) is 1. The molecule has 1 saturated heterocycles. The third kappa shape index (κ3) is 2.56. The average molecular weight is 212 g/mol. The number of β-amino-alcohol motifs (C(OH)–C–C–N with tert-alkyl or cyclic N) is 1. The summed E-state index contributed by atoms with van der Waals surface area (Å²) < 4.78 is 0. The van der Waals surface area contributed by atoms with Gasteiger partial charge in [-0.2, -0.15) is 0 Å². The summed E-state index contributed by atoms with van der Waals surface area (Å²) in [5.74, 6) is -0.961. The van der Waals surface area contributed by atoms with E-state index >= 15 is 0 Å². The molecule has 0 saturated carbocycles. The van der Waals surface area contributed by atoms with Gasteiger partial charge in [-0.3, -0.25) is 9.59 Å². The summed E-state index contributed by atoms with van der Waals surface area (Å²) in [5, 5.41) is 9.84. The van der Waals surface area contributed by atoms with Gasteiger partial charge in [0.1, 0.15) is 0 Å². The highest BCUT2D eigenvalue weighted by molar-refractivity contribution is 5.89. The van der Waals surface area contributed by atoms with Gasteiger partial charge in [0.2, 0.25) is 5.91 Å². The van der Waals surface area contributed by atoms with Gasteiger partial charge < -0.3 is 15.7 Å². The highest BCUT2D eigenvalue weighted by Gasteiger charge is 2.39. The van der Waals surface area contributed by atoms with Crippen molar-refractivity contribution in [3.8, 4) is 0 Å². The fourth-order valence-corrected chi connectivity index (χ4v) is 1.67. The van der Waals surface area contributed by atoms with E-state index in [2.05, 4.69) is 0 Å². The van der Waals surface area contributed by atoms with Crippen LogP contribution in [-0.4, -0.2) is 40.5 Å². The van der Waals surface area contributed by atoms with Crippen LogP contribution < -0.4 is 5.73 Å². The SMILES string of the molecule is C/C=C/C(=O)N1CCCC(O)(C(N)=O)C1. The molecule has 0 aromatic carbocycles. The van der Waals surface area contributed by atoms with Crippen LogP contribution in [0.1, 0.15) is 19.8 Å². The molecule has 1 atom stereocenters. The first-order valence-corrected chi connectivity index (χ1v) is 4.93. The van der Waals surface area contributed by atoms with E-state index in [0.29, 0.717) is 19.4 Å². The molecule has 0 spiro atoms. The number of nitrogens with zero attached hydrogens (tertiary/aromatic N) is 1. The molecule has 1 aliphatic heterocycles. The molecule has 0 bridgehead atoms. The number of aliphatic hydroxyl groups is 1. The van der Waals surface area contributed by atoms with Gasteiger partial charge in [0.15, 0.2) is 5.60 Å². The molecule has 0 aliphatic carbocycles. The van der Waals surface area contributed by atoms with Crippen molar-refractivity contribution in [2.45, 2.75) is 25.4 Å². The van der Waals surface area contributed by atoms with E-state index < -0.39 is 11.5 Å². The molecule has 3 N–H and O–H groups in total. The molecule has 0 aromatic heterocycles. The van der Waals surface area contributed by atoms with Crippen LogP contribution in [0.15, 0.2) is 12.2 Å². The Kier molecular flexibility index (Phi) is 3.47. The Morgan fingerprint density at radius 2 is 2.20 bits per heavy atom. The van der Waals surface area contributed by atoms with E-state index in [0.717, 1.165) is 0 Å². The van der Waals surface area contributed by atoms with Crippen LogP contribution in [0.5, 0.6) is 0 Å². The van der Waals surface area contributed by atoms with E-state index in [4.69, 9.17) is 5.73 Å². The number of allylic oxidation sites excluding steroid dienone is 1. The number of nitrogens with two attached hydrogens (primary N) is 1. The molecule has 5 nitrogen and oxygen atoms in total. The Balaban J connectivity index is 2.72. The summed E-state index contributed by atoms with van der Waals surface area (Å²) >= 11 is 0. The number of primary amides is 1. The lowest BCUT2D eigenvalue weighted by atomic mass is 9.92. The number of piperidine rings is 1. The minimum Gasteiger partial charge on any atom is -0.378 e. The third-order valence-electron chi connectivity index (χ3n) is 2.55. The number of hydrogen-bond donors (Lipinski definition) is 2. The standard InChI is InChI=1S/C10H16N2O3/c1-2-4-8(13)12-6-3-5-10(15,7-12)9(11)14/h2,4,15H,3,5-7H2,1H3,(H2,11,14)/b4-2+. The van der Waals surface area contributed by atoms with Gasteiger partial charge in [0.05, 0.1) is 6.54 Å². The predicted molar refractivity (Wildman–Crippen MR) is 54.8 cm³/mol. The normalized spacial score (nSPS) is 26.9. The lowest BCUT2D eigenvalue weighted by Crippen LogP contribution is -2.56. The van der Waals surface area contributed by atoms with Crippen molar-refractivity contribution in [2.24, 2.45) is 5.73 Å². The number of carbonyl (C=O) groups is 2. The summed E-state index contributed by atoms with van der Waals surface area (Å²) in [7, 11) is 0. The molecule has 1 fully saturated rings. The van der Waals surface area contributed by atoms with Crippen LogP contribution in [0.2, 0.25) is 0 Å². The lowest BCUT2D eigenvalue weighted by Gasteiger charge is -2.36. The van der Waals surface area contributed by atoms with Crippen molar-refractivity contribution in [3.05, 3.63) is 12.2 Å². The molecule has 1 aliphatic rings. The first kappa shape index (κ1) is 11.7. The summed E-state index contributed by atoms with van der Waals surface area (Å²) in [6.45, 7) is 2.28. The second-order valence-corrected chi connectivity index (χ2v) is 3.76. The zero-order valence-electron chi connectivity index (χ0n) is 8.77. The maximum Gasteiger partial charge on any atom is 0.251 e. The molecule has 0 aromatic rings. The number of rotatable bonds is 2. The van der Waals surface area contributed by atoms with Crippen molar-refractivity contribution in [3.63, 3.8) is 0 Å². The summed E-state index contributed by atoms with van der Waals surface area (Å²) in [5.41, 5.74) is 3.53. The van der Waals surface area contributed by atoms with Gasteiger partial charge in [0, 0.05) is 6.54 Å². The van der Waals surface area contributed by atoms with Gasteiger partial charge in [-0.25, -0.2) is 0 Å². The maximum absolute atomic E-state index is 11.5. The minimum absolute atomic E-state index is 0.00843. The predicted octanol–water partition coefficient (Wildman–Crippen LogP) is -0.599. The van der Waals surface area contributed by atoms with Crippen molar-refractivity contribution in [2.75, 3.05) is 13.1 Å². The zero-order valence-corrected chi connectivity index (χ0v) is 8.77. The van der Waals surface area contributed by atoms with Gasteiger partial charge in [-0.15, -0.1) is 0 Å². The Hall–Kier alpha value is -1.36.